The molecule has 1 aliphatic carbocycles. The molecule has 2 aliphatic rings. The highest BCUT2D eigenvalue weighted by atomic mass is 16.3. The van der Waals surface area contributed by atoms with Gasteiger partial charge in [-0.2, -0.15) is 0 Å². The molecule has 5 N–H and O–H groups in total. The van der Waals surface area contributed by atoms with Gasteiger partial charge in [0.05, 0.1) is 6.10 Å². The number of hydrogen-bond donors (Lipinski definition) is 5. The van der Waals surface area contributed by atoms with Gasteiger partial charge in [0, 0.05) is 37.1 Å². The number of carbonyl (C=O) groups is 1. The van der Waals surface area contributed by atoms with Gasteiger partial charge in [-0.3, -0.25) is 9.78 Å². The predicted molar refractivity (Wildman–Crippen MR) is 106 cm³/mol. The number of carbonyl (C=O) groups excluding carboxylic acids is 1. The molecule has 7 nitrogen and oxygen atoms in total. The zero-order valence-corrected chi connectivity index (χ0v) is 15.7. The van der Waals surface area contributed by atoms with E-state index in [0.29, 0.717) is 24.7 Å². The second-order valence-electron chi connectivity index (χ2n) is 7.62. The van der Waals surface area contributed by atoms with E-state index in [2.05, 4.69) is 20.9 Å². The van der Waals surface area contributed by atoms with Crippen molar-refractivity contribution in [1.82, 2.24) is 15.6 Å². The topological polar surface area (TPSA) is 107 Å². The molecule has 1 aliphatic heterocycles. The Morgan fingerprint density at radius 1 is 1.25 bits per heavy atom. The van der Waals surface area contributed by atoms with Crippen LogP contribution in [0.25, 0.3) is 0 Å². The first kappa shape index (κ1) is 18.7. The maximum atomic E-state index is 12.4. The molecule has 148 valence electrons. The largest absolute Gasteiger partial charge is 0.508 e. The van der Waals surface area contributed by atoms with Crippen LogP contribution in [-0.2, 0) is 13.0 Å². The standard InChI is InChI=1S/C21H26N4O3/c26-17-5-4-13-9-18(23-11-14(13)8-17)20(27)12-24-21(28)19-10-16(6-7-22-19)25-15-2-1-3-15/h4-8,10,15,18,20,23,26-27H,1-3,9,11-12H2,(H,22,25)(H,24,28)/t18-,20?/m0/s1. The van der Waals surface area contributed by atoms with Gasteiger partial charge >= 0.3 is 0 Å². The Bertz CT molecular complexity index is 853. The molecule has 2 atom stereocenters. The average Bonchev–Trinajstić information content (AvgIpc) is 2.68. The minimum Gasteiger partial charge on any atom is -0.508 e. The van der Waals surface area contributed by atoms with Crippen LogP contribution < -0.4 is 16.0 Å². The summed E-state index contributed by atoms with van der Waals surface area (Å²) < 4.78 is 0. The Hall–Kier alpha value is -2.64. The third-order valence-corrected chi connectivity index (χ3v) is 5.59. The van der Waals surface area contributed by atoms with Crippen LogP contribution in [0.3, 0.4) is 0 Å². The molecule has 1 unspecified atom stereocenters. The summed E-state index contributed by atoms with van der Waals surface area (Å²) in [6.07, 6.45) is 5.12. The van der Waals surface area contributed by atoms with Crippen LogP contribution in [0.1, 0.15) is 40.9 Å². The Morgan fingerprint density at radius 3 is 2.89 bits per heavy atom. The van der Waals surface area contributed by atoms with E-state index < -0.39 is 6.10 Å². The van der Waals surface area contributed by atoms with Crippen LogP contribution in [0.5, 0.6) is 5.75 Å². The number of aromatic hydroxyl groups is 1. The Labute approximate surface area is 164 Å². The number of nitrogens with one attached hydrogen (secondary N) is 3. The molecule has 2 heterocycles. The number of aliphatic hydroxyl groups excluding tert-OH is 1. The van der Waals surface area contributed by atoms with E-state index in [-0.39, 0.29) is 24.2 Å². The lowest BCUT2D eigenvalue weighted by Gasteiger charge is -2.30. The van der Waals surface area contributed by atoms with Crippen molar-refractivity contribution < 1.29 is 15.0 Å². The average molecular weight is 382 g/mol. The molecule has 1 amide bonds. The number of benzene rings is 1. The number of aliphatic hydroxyl groups is 1. The fourth-order valence-electron chi connectivity index (χ4n) is 3.66. The number of fused-ring (bicyclic) bond motifs is 1. The van der Waals surface area contributed by atoms with Gasteiger partial charge in [0.15, 0.2) is 0 Å². The molecule has 4 rings (SSSR count). The highest BCUT2D eigenvalue weighted by molar-refractivity contribution is 5.93. The van der Waals surface area contributed by atoms with Crippen LogP contribution in [0.4, 0.5) is 5.69 Å². The molecular formula is C21H26N4O3. The third kappa shape index (κ3) is 4.26. The third-order valence-electron chi connectivity index (χ3n) is 5.59. The van der Waals surface area contributed by atoms with Crippen molar-refractivity contribution in [3.63, 3.8) is 0 Å². The quantitative estimate of drug-likeness (QED) is 0.519. The zero-order chi connectivity index (χ0) is 19.5. The van der Waals surface area contributed by atoms with E-state index in [0.717, 1.165) is 29.7 Å². The molecular weight excluding hydrogens is 356 g/mol. The van der Waals surface area contributed by atoms with Crippen LogP contribution in [0.15, 0.2) is 36.5 Å². The number of amides is 1. The molecule has 0 bridgehead atoms. The summed E-state index contributed by atoms with van der Waals surface area (Å²) in [5.74, 6) is -0.0502. The van der Waals surface area contributed by atoms with E-state index >= 15 is 0 Å². The molecule has 0 radical (unpaired) electrons. The van der Waals surface area contributed by atoms with Gasteiger partial charge in [-0.25, -0.2) is 0 Å². The number of phenolic OH excluding ortho intramolecular Hbond substituents is 1. The summed E-state index contributed by atoms with van der Waals surface area (Å²) in [6.45, 7) is 0.724. The number of hydrogen-bond acceptors (Lipinski definition) is 6. The molecule has 28 heavy (non-hydrogen) atoms. The van der Waals surface area contributed by atoms with Gasteiger partial charge in [0.2, 0.25) is 0 Å². The summed E-state index contributed by atoms with van der Waals surface area (Å²) in [4.78, 5) is 16.6. The number of pyridine rings is 1. The Kier molecular flexibility index (Phi) is 5.45. The number of phenols is 1. The highest BCUT2D eigenvalue weighted by Crippen LogP contribution is 2.24. The van der Waals surface area contributed by atoms with Gasteiger partial charge in [-0.15, -0.1) is 0 Å². The summed E-state index contributed by atoms with van der Waals surface area (Å²) in [6, 6.07) is 9.23. The summed E-state index contributed by atoms with van der Waals surface area (Å²) in [5.41, 5.74) is 3.38. The van der Waals surface area contributed by atoms with Gasteiger partial charge in [-0.1, -0.05) is 6.07 Å². The minimum atomic E-state index is -0.720. The first-order valence-electron chi connectivity index (χ1n) is 9.81. The molecule has 1 saturated carbocycles. The minimum absolute atomic E-state index is 0.145. The van der Waals surface area contributed by atoms with Crippen LogP contribution in [0, 0.1) is 0 Å². The summed E-state index contributed by atoms with van der Waals surface area (Å²) >= 11 is 0. The van der Waals surface area contributed by atoms with Gasteiger partial charge in [0.1, 0.15) is 11.4 Å². The molecule has 0 saturated heterocycles. The number of nitrogens with zero attached hydrogens (tertiary/aromatic N) is 1. The monoisotopic (exact) mass is 382 g/mol. The van der Waals surface area contributed by atoms with Crippen LogP contribution in [-0.4, -0.2) is 45.8 Å². The first-order valence-corrected chi connectivity index (χ1v) is 9.81. The summed E-state index contributed by atoms with van der Waals surface area (Å²) in [7, 11) is 0. The van der Waals surface area contributed by atoms with Crippen molar-refractivity contribution in [1.29, 1.82) is 0 Å². The molecule has 1 aromatic heterocycles. The predicted octanol–water partition coefficient (Wildman–Crippen LogP) is 1.56. The van der Waals surface area contributed by atoms with E-state index in [4.69, 9.17) is 0 Å². The number of anilines is 1. The van der Waals surface area contributed by atoms with E-state index in [9.17, 15) is 15.0 Å². The van der Waals surface area contributed by atoms with E-state index in [1.807, 2.05) is 12.1 Å². The summed E-state index contributed by atoms with van der Waals surface area (Å²) in [5, 5.41) is 29.5. The maximum Gasteiger partial charge on any atom is 0.270 e. The van der Waals surface area contributed by atoms with Crippen molar-refractivity contribution in [2.24, 2.45) is 0 Å². The van der Waals surface area contributed by atoms with Gasteiger partial charge in [0.25, 0.3) is 5.91 Å². The van der Waals surface area contributed by atoms with Gasteiger partial charge in [-0.05, 0) is 61.1 Å². The van der Waals surface area contributed by atoms with Crippen molar-refractivity contribution in [3.05, 3.63) is 53.3 Å². The first-order chi connectivity index (χ1) is 13.6. The van der Waals surface area contributed by atoms with Gasteiger partial charge < -0.3 is 26.2 Å². The SMILES string of the molecule is O=C(NCC(O)[C@@H]1Cc2ccc(O)cc2CN1)c1cc(NC2CCC2)ccn1. The fraction of sp³-hybridized carbons (Fsp3) is 0.429. The lowest BCUT2D eigenvalue weighted by Crippen LogP contribution is -2.49. The number of aromatic nitrogens is 1. The van der Waals surface area contributed by atoms with Crippen LogP contribution in [0.2, 0.25) is 0 Å². The lowest BCUT2D eigenvalue weighted by molar-refractivity contribution is 0.0865. The van der Waals surface area contributed by atoms with Crippen molar-refractivity contribution in [3.8, 4) is 5.75 Å². The highest BCUT2D eigenvalue weighted by Gasteiger charge is 2.25. The smallest absolute Gasteiger partial charge is 0.270 e. The molecule has 2 aromatic rings. The van der Waals surface area contributed by atoms with Crippen LogP contribution >= 0.6 is 0 Å². The normalized spacial score (nSPS) is 20.0. The van der Waals surface area contributed by atoms with Crippen molar-refractivity contribution in [2.75, 3.05) is 11.9 Å². The Morgan fingerprint density at radius 2 is 2.11 bits per heavy atom. The number of rotatable bonds is 6. The fourth-order valence-corrected chi connectivity index (χ4v) is 3.66. The van der Waals surface area contributed by atoms with Crippen molar-refractivity contribution >= 4 is 11.6 Å². The van der Waals surface area contributed by atoms with E-state index in [1.54, 1.807) is 24.4 Å². The van der Waals surface area contributed by atoms with E-state index in [1.165, 1.54) is 6.42 Å². The molecule has 7 heteroatoms. The second kappa shape index (κ2) is 8.16. The molecule has 0 spiro atoms. The molecule has 1 aromatic carbocycles. The lowest BCUT2D eigenvalue weighted by atomic mass is 9.92. The maximum absolute atomic E-state index is 12.4. The molecule has 1 fully saturated rings. The zero-order valence-electron chi connectivity index (χ0n) is 15.7. The van der Waals surface area contributed by atoms with Crippen molar-refractivity contribution in [2.45, 2.75) is 50.4 Å². The second-order valence-corrected chi connectivity index (χ2v) is 7.62. The Balaban J connectivity index is 1.31.